The number of halogens is 1. The van der Waals surface area contributed by atoms with Crippen LogP contribution in [0.3, 0.4) is 0 Å². The minimum Gasteiger partial charge on any atom is -0.349 e. The van der Waals surface area contributed by atoms with E-state index in [2.05, 4.69) is 15.4 Å². The fourth-order valence-corrected chi connectivity index (χ4v) is 2.50. The number of aromatic nitrogens is 3. The number of nitrogens with one attached hydrogen (secondary N) is 2. The largest absolute Gasteiger partial charge is 0.349 e. The van der Waals surface area contributed by atoms with Gasteiger partial charge in [0.2, 0.25) is 11.7 Å². The SMILES string of the molecule is O=C(CCNC(=O)c1nc(-c2ccccc2)n(-c2ccc(Cl)cc2)n1)NO. The maximum Gasteiger partial charge on any atom is 0.291 e. The van der Waals surface area contributed by atoms with Crippen molar-refractivity contribution < 1.29 is 14.8 Å². The van der Waals surface area contributed by atoms with Crippen LogP contribution >= 0.6 is 11.6 Å². The van der Waals surface area contributed by atoms with Crippen LogP contribution in [0.1, 0.15) is 17.0 Å². The summed E-state index contributed by atoms with van der Waals surface area (Å²) in [4.78, 5) is 27.7. The molecule has 0 aliphatic heterocycles. The second-order valence-electron chi connectivity index (χ2n) is 5.55. The molecule has 9 heteroatoms. The van der Waals surface area contributed by atoms with E-state index in [0.717, 1.165) is 5.56 Å². The summed E-state index contributed by atoms with van der Waals surface area (Å²) in [6.07, 6.45) is -0.0638. The van der Waals surface area contributed by atoms with Crippen molar-refractivity contribution in [1.82, 2.24) is 25.6 Å². The van der Waals surface area contributed by atoms with Crippen molar-refractivity contribution in [2.75, 3.05) is 6.54 Å². The molecule has 3 aromatic rings. The number of hydroxylamine groups is 1. The van der Waals surface area contributed by atoms with Gasteiger partial charge >= 0.3 is 0 Å². The van der Waals surface area contributed by atoms with Crippen molar-refractivity contribution in [2.45, 2.75) is 6.42 Å². The van der Waals surface area contributed by atoms with E-state index >= 15 is 0 Å². The first-order chi connectivity index (χ1) is 13.1. The average molecular weight is 386 g/mol. The van der Waals surface area contributed by atoms with Gasteiger partial charge in [0.05, 0.1) is 5.69 Å². The van der Waals surface area contributed by atoms with Gasteiger partial charge in [-0.15, -0.1) is 5.10 Å². The molecular weight excluding hydrogens is 370 g/mol. The van der Waals surface area contributed by atoms with Crippen LogP contribution in [-0.4, -0.2) is 38.3 Å². The second kappa shape index (κ2) is 8.43. The van der Waals surface area contributed by atoms with Gasteiger partial charge in [-0.1, -0.05) is 41.9 Å². The van der Waals surface area contributed by atoms with E-state index in [1.54, 1.807) is 28.9 Å². The molecule has 1 aromatic heterocycles. The van der Waals surface area contributed by atoms with E-state index < -0.39 is 11.8 Å². The van der Waals surface area contributed by atoms with E-state index in [4.69, 9.17) is 16.8 Å². The third-order valence-electron chi connectivity index (χ3n) is 3.68. The molecule has 0 spiro atoms. The third-order valence-corrected chi connectivity index (χ3v) is 3.93. The second-order valence-corrected chi connectivity index (χ2v) is 5.99. The van der Waals surface area contributed by atoms with Gasteiger partial charge in [-0.05, 0) is 24.3 Å². The van der Waals surface area contributed by atoms with Gasteiger partial charge in [-0.3, -0.25) is 14.8 Å². The summed E-state index contributed by atoms with van der Waals surface area (Å²) in [7, 11) is 0. The Bertz CT molecular complexity index is 941. The molecule has 0 unspecified atom stereocenters. The summed E-state index contributed by atoms with van der Waals surface area (Å²) >= 11 is 5.95. The molecule has 0 aliphatic carbocycles. The maximum atomic E-state index is 12.3. The molecule has 27 heavy (non-hydrogen) atoms. The fourth-order valence-electron chi connectivity index (χ4n) is 2.37. The predicted molar refractivity (Wildman–Crippen MR) is 98.7 cm³/mol. The first-order valence-corrected chi connectivity index (χ1v) is 8.46. The first kappa shape index (κ1) is 18.6. The zero-order valence-corrected chi connectivity index (χ0v) is 14.8. The Morgan fingerprint density at radius 2 is 1.78 bits per heavy atom. The molecule has 8 nitrogen and oxygen atoms in total. The monoisotopic (exact) mass is 385 g/mol. The Balaban J connectivity index is 1.91. The Morgan fingerprint density at radius 1 is 1.07 bits per heavy atom. The lowest BCUT2D eigenvalue weighted by atomic mass is 10.2. The smallest absolute Gasteiger partial charge is 0.291 e. The van der Waals surface area contributed by atoms with E-state index in [1.807, 2.05) is 30.3 Å². The van der Waals surface area contributed by atoms with Crippen LogP contribution in [0.25, 0.3) is 17.1 Å². The van der Waals surface area contributed by atoms with Crippen molar-refractivity contribution in [2.24, 2.45) is 0 Å². The van der Waals surface area contributed by atoms with Crippen LogP contribution in [0.5, 0.6) is 0 Å². The van der Waals surface area contributed by atoms with Gasteiger partial charge in [0, 0.05) is 23.6 Å². The summed E-state index contributed by atoms with van der Waals surface area (Å²) in [6, 6.07) is 16.3. The Kier molecular flexibility index (Phi) is 5.80. The van der Waals surface area contributed by atoms with Gasteiger partial charge in [0.25, 0.3) is 5.91 Å². The molecule has 0 fully saturated rings. The van der Waals surface area contributed by atoms with E-state index in [0.29, 0.717) is 16.5 Å². The van der Waals surface area contributed by atoms with Gasteiger partial charge in [0.1, 0.15) is 0 Å². The highest BCUT2D eigenvalue weighted by molar-refractivity contribution is 6.30. The molecule has 0 saturated heterocycles. The molecule has 0 bridgehead atoms. The zero-order valence-electron chi connectivity index (χ0n) is 14.1. The minimum atomic E-state index is -0.597. The summed E-state index contributed by atoms with van der Waals surface area (Å²) in [5.41, 5.74) is 2.99. The van der Waals surface area contributed by atoms with Crippen LogP contribution < -0.4 is 10.8 Å². The average Bonchev–Trinajstić information content (AvgIpc) is 3.14. The lowest BCUT2D eigenvalue weighted by molar-refractivity contribution is -0.129. The molecule has 0 aliphatic rings. The molecule has 138 valence electrons. The summed E-state index contributed by atoms with van der Waals surface area (Å²) in [5.74, 6) is -0.657. The molecule has 2 aromatic carbocycles. The van der Waals surface area contributed by atoms with Crippen molar-refractivity contribution in [3.63, 3.8) is 0 Å². The number of benzene rings is 2. The van der Waals surface area contributed by atoms with Crippen LogP contribution in [0.4, 0.5) is 0 Å². The van der Waals surface area contributed by atoms with Gasteiger partial charge in [-0.25, -0.2) is 15.1 Å². The first-order valence-electron chi connectivity index (χ1n) is 8.08. The third kappa shape index (κ3) is 4.49. The molecular formula is C18H16ClN5O3. The molecule has 3 N–H and O–H groups in total. The lowest BCUT2D eigenvalue weighted by Crippen LogP contribution is -2.30. The summed E-state index contributed by atoms with van der Waals surface area (Å²) in [6.45, 7) is 0.0430. The number of carbonyl (C=O) groups excluding carboxylic acids is 2. The van der Waals surface area contributed by atoms with Gasteiger partial charge < -0.3 is 5.32 Å². The van der Waals surface area contributed by atoms with Crippen LogP contribution in [0, 0.1) is 0 Å². The normalized spacial score (nSPS) is 10.4. The lowest BCUT2D eigenvalue weighted by Gasteiger charge is -2.05. The summed E-state index contributed by atoms with van der Waals surface area (Å²) in [5, 5.41) is 15.9. The zero-order chi connectivity index (χ0) is 19.2. The molecule has 0 saturated carbocycles. The van der Waals surface area contributed by atoms with Crippen LogP contribution in [0.2, 0.25) is 5.02 Å². The maximum absolute atomic E-state index is 12.3. The van der Waals surface area contributed by atoms with Crippen LogP contribution in [-0.2, 0) is 4.79 Å². The van der Waals surface area contributed by atoms with Crippen molar-refractivity contribution in [3.05, 3.63) is 65.4 Å². The fraction of sp³-hybridized carbons (Fsp3) is 0.111. The number of amides is 2. The highest BCUT2D eigenvalue weighted by Crippen LogP contribution is 2.22. The minimum absolute atomic E-state index is 0.0341. The van der Waals surface area contributed by atoms with Crippen LogP contribution in [0.15, 0.2) is 54.6 Å². The standard InChI is InChI=1S/C18H16ClN5O3/c19-13-6-8-14(9-7-13)24-17(12-4-2-1-3-5-12)21-16(22-24)18(26)20-11-10-15(25)23-27/h1-9,27H,10-11H2,(H,20,26)(H,23,25). The highest BCUT2D eigenvalue weighted by atomic mass is 35.5. The highest BCUT2D eigenvalue weighted by Gasteiger charge is 2.18. The van der Waals surface area contributed by atoms with Crippen molar-refractivity contribution in [1.29, 1.82) is 0 Å². The number of carbonyl (C=O) groups is 2. The number of rotatable bonds is 6. The molecule has 3 rings (SSSR count). The van der Waals surface area contributed by atoms with Gasteiger partial charge in [-0.2, -0.15) is 0 Å². The molecule has 2 amide bonds. The molecule has 0 radical (unpaired) electrons. The van der Waals surface area contributed by atoms with E-state index in [-0.39, 0.29) is 18.8 Å². The Hall–Kier alpha value is -3.23. The topological polar surface area (TPSA) is 109 Å². The number of hydrogen-bond donors (Lipinski definition) is 3. The van der Waals surface area contributed by atoms with E-state index in [9.17, 15) is 9.59 Å². The van der Waals surface area contributed by atoms with Crippen molar-refractivity contribution >= 4 is 23.4 Å². The molecule has 0 atom stereocenters. The van der Waals surface area contributed by atoms with Crippen molar-refractivity contribution in [3.8, 4) is 17.1 Å². The number of nitrogens with zero attached hydrogens (tertiary/aromatic N) is 3. The number of hydrogen-bond acceptors (Lipinski definition) is 5. The molecule has 1 heterocycles. The quantitative estimate of drug-likeness (QED) is 0.445. The summed E-state index contributed by atoms with van der Waals surface area (Å²) < 4.78 is 1.56. The van der Waals surface area contributed by atoms with Gasteiger partial charge in [0.15, 0.2) is 5.82 Å². The Morgan fingerprint density at radius 3 is 2.44 bits per heavy atom. The van der Waals surface area contributed by atoms with E-state index in [1.165, 1.54) is 5.48 Å². The predicted octanol–water partition coefficient (Wildman–Crippen LogP) is 2.21. The Labute approximate surface area is 159 Å².